The number of ketones is 1. The van der Waals surface area contributed by atoms with Gasteiger partial charge in [-0.25, -0.2) is 0 Å². The van der Waals surface area contributed by atoms with Crippen LogP contribution >= 0.6 is 0 Å². The smallest absolute Gasteiger partial charge is 0.220 e. The number of aryl methyl sites for hydroxylation is 1. The molecule has 4 heteroatoms. The average molecular weight is 342 g/mol. The molecular formula is C22H20N3O+. The molecule has 0 saturated heterocycles. The van der Waals surface area contributed by atoms with Gasteiger partial charge in [0.05, 0.1) is 10.8 Å². The number of benzene rings is 3. The Kier molecular flexibility index (Phi) is 3.62. The molecular weight excluding hydrogens is 322 g/mol. The Bertz CT molecular complexity index is 1180. The fraction of sp³-hybridized carbons (Fsp3) is 0.0909. The molecule has 0 fully saturated rings. The number of fused-ring (bicyclic) bond motifs is 3. The lowest BCUT2D eigenvalue weighted by atomic mass is 9.97. The minimum Gasteiger partial charge on any atom is -0.399 e. The van der Waals surface area contributed by atoms with Crippen LogP contribution in [-0.2, 0) is 7.05 Å². The third-order valence-electron chi connectivity index (χ3n) is 4.87. The molecule has 0 aliphatic carbocycles. The van der Waals surface area contributed by atoms with Gasteiger partial charge in [-0.1, -0.05) is 18.2 Å². The normalized spacial score (nSPS) is 11.2. The number of hydrogen-bond donors (Lipinski definition) is 2. The summed E-state index contributed by atoms with van der Waals surface area (Å²) in [5, 5.41) is 3.32. The number of nitrogens with two attached hydrogens (primary N) is 2. The van der Waals surface area contributed by atoms with E-state index in [9.17, 15) is 4.79 Å². The predicted molar refractivity (Wildman–Crippen MR) is 107 cm³/mol. The number of anilines is 2. The molecule has 0 unspecified atom stereocenters. The maximum absolute atomic E-state index is 11.6. The van der Waals surface area contributed by atoms with Crippen LogP contribution in [0.1, 0.15) is 17.3 Å². The molecule has 26 heavy (non-hydrogen) atoms. The predicted octanol–water partition coefficient (Wildman–Crippen LogP) is 3.85. The van der Waals surface area contributed by atoms with Crippen LogP contribution in [0.25, 0.3) is 32.9 Å². The highest BCUT2D eigenvalue weighted by atomic mass is 16.1. The van der Waals surface area contributed by atoms with Crippen LogP contribution < -0.4 is 16.0 Å². The highest BCUT2D eigenvalue weighted by Gasteiger charge is 2.21. The molecule has 4 aromatic rings. The molecule has 4 N–H and O–H groups in total. The third-order valence-corrected chi connectivity index (χ3v) is 4.87. The largest absolute Gasteiger partial charge is 0.399 e. The summed E-state index contributed by atoms with van der Waals surface area (Å²) in [4.78, 5) is 11.6. The van der Waals surface area contributed by atoms with E-state index in [4.69, 9.17) is 11.5 Å². The first kappa shape index (κ1) is 16.1. The van der Waals surface area contributed by atoms with E-state index >= 15 is 0 Å². The van der Waals surface area contributed by atoms with E-state index in [1.54, 1.807) is 6.92 Å². The lowest BCUT2D eigenvalue weighted by Gasteiger charge is -2.11. The van der Waals surface area contributed by atoms with Gasteiger partial charge in [-0.15, -0.1) is 0 Å². The number of nitrogens with zero attached hydrogens (tertiary/aromatic N) is 1. The van der Waals surface area contributed by atoms with Crippen molar-refractivity contribution in [3.8, 4) is 11.3 Å². The standard InChI is InChI=1S/C22H19N3O/c1-13(26)14-3-5-15(6-4-14)22-20-11-16(23)7-9-18(20)19-10-8-17(24)12-21(19)25(22)2/h3-12,24H,1-2H3,(H2,23,26)/p+1. The Morgan fingerprint density at radius 2 is 1.42 bits per heavy atom. The highest BCUT2D eigenvalue weighted by molar-refractivity contribution is 6.10. The third kappa shape index (κ3) is 2.47. The van der Waals surface area contributed by atoms with Crippen molar-refractivity contribution < 1.29 is 9.36 Å². The molecule has 0 atom stereocenters. The van der Waals surface area contributed by atoms with E-state index in [-0.39, 0.29) is 5.78 Å². The molecule has 0 bridgehead atoms. The number of carbonyl (C=O) groups is 1. The van der Waals surface area contributed by atoms with Crippen LogP contribution in [0.15, 0.2) is 60.7 Å². The summed E-state index contributed by atoms with van der Waals surface area (Å²) in [5.41, 5.74) is 17.4. The van der Waals surface area contributed by atoms with Crippen molar-refractivity contribution in [1.82, 2.24) is 0 Å². The van der Waals surface area contributed by atoms with Crippen LogP contribution in [0.2, 0.25) is 0 Å². The van der Waals surface area contributed by atoms with Gasteiger partial charge in [0.25, 0.3) is 0 Å². The fourth-order valence-corrected chi connectivity index (χ4v) is 3.56. The lowest BCUT2D eigenvalue weighted by Crippen LogP contribution is -2.32. The monoisotopic (exact) mass is 342 g/mol. The summed E-state index contributed by atoms with van der Waals surface area (Å²) in [6.45, 7) is 1.57. The number of rotatable bonds is 2. The quantitative estimate of drug-likeness (QED) is 0.251. The van der Waals surface area contributed by atoms with Gasteiger partial charge in [0.1, 0.15) is 7.05 Å². The first-order chi connectivity index (χ1) is 12.5. The minimum atomic E-state index is 0.0568. The summed E-state index contributed by atoms with van der Waals surface area (Å²) in [5.74, 6) is 0.0568. The molecule has 3 aromatic carbocycles. The summed E-state index contributed by atoms with van der Waals surface area (Å²) in [6.07, 6.45) is 0. The molecule has 0 radical (unpaired) electrons. The van der Waals surface area contributed by atoms with Crippen molar-refractivity contribution in [2.24, 2.45) is 7.05 Å². The second-order valence-corrected chi connectivity index (χ2v) is 6.62. The Morgan fingerprint density at radius 1 is 0.808 bits per heavy atom. The maximum Gasteiger partial charge on any atom is 0.220 e. The Labute approximate surface area is 151 Å². The summed E-state index contributed by atoms with van der Waals surface area (Å²) >= 11 is 0. The van der Waals surface area contributed by atoms with Crippen molar-refractivity contribution in [1.29, 1.82) is 0 Å². The number of aromatic nitrogens is 1. The first-order valence-electron chi connectivity index (χ1n) is 8.47. The molecule has 4 rings (SSSR count). The molecule has 4 nitrogen and oxygen atoms in total. The molecule has 1 heterocycles. The van der Waals surface area contributed by atoms with E-state index < -0.39 is 0 Å². The molecule has 0 spiro atoms. The number of pyridine rings is 1. The van der Waals surface area contributed by atoms with Crippen LogP contribution in [0.4, 0.5) is 11.4 Å². The van der Waals surface area contributed by atoms with Gasteiger partial charge in [-0.2, -0.15) is 4.57 Å². The minimum absolute atomic E-state index is 0.0568. The van der Waals surface area contributed by atoms with Crippen molar-refractivity contribution in [3.63, 3.8) is 0 Å². The van der Waals surface area contributed by atoms with Gasteiger partial charge < -0.3 is 11.5 Å². The van der Waals surface area contributed by atoms with Gasteiger partial charge in [0, 0.05) is 34.0 Å². The number of carbonyl (C=O) groups excluding carboxylic acids is 1. The Morgan fingerprint density at radius 3 is 2.08 bits per heavy atom. The van der Waals surface area contributed by atoms with Gasteiger partial charge in [-0.05, 0) is 43.3 Å². The Balaban J connectivity index is 2.13. The van der Waals surface area contributed by atoms with Gasteiger partial charge in [0.2, 0.25) is 11.2 Å². The summed E-state index contributed by atoms with van der Waals surface area (Å²) in [7, 11) is 2.03. The van der Waals surface area contributed by atoms with Gasteiger partial charge in [0.15, 0.2) is 5.78 Å². The van der Waals surface area contributed by atoms with E-state index in [1.807, 2.05) is 61.6 Å². The highest BCUT2D eigenvalue weighted by Crippen LogP contribution is 2.33. The maximum atomic E-state index is 11.6. The van der Waals surface area contributed by atoms with E-state index in [0.29, 0.717) is 11.3 Å². The average Bonchev–Trinajstić information content (AvgIpc) is 2.62. The zero-order chi connectivity index (χ0) is 18.4. The van der Waals surface area contributed by atoms with Crippen molar-refractivity contribution in [2.45, 2.75) is 6.92 Å². The summed E-state index contributed by atoms with van der Waals surface area (Å²) < 4.78 is 2.14. The summed E-state index contributed by atoms with van der Waals surface area (Å²) in [6, 6.07) is 19.6. The second-order valence-electron chi connectivity index (χ2n) is 6.62. The van der Waals surface area contributed by atoms with Crippen LogP contribution in [-0.4, -0.2) is 5.78 Å². The van der Waals surface area contributed by atoms with E-state index in [1.165, 1.54) is 0 Å². The number of hydrogen-bond acceptors (Lipinski definition) is 3. The van der Waals surface area contributed by atoms with Crippen molar-refractivity contribution in [3.05, 3.63) is 66.2 Å². The van der Waals surface area contributed by atoms with Crippen LogP contribution in [0.3, 0.4) is 0 Å². The van der Waals surface area contributed by atoms with Gasteiger partial charge in [-0.3, -0.25) is 4.79 Å². The van der Waals surface area contributed by atoms with Crippen molar-refractivity contribution >= 4 is 38.8 Å². The molecule has 128 valence electrons. The van der Waals surface area contributed by atoms with Crippen LogP contribution in [0.5, 0.6) is 0 Å². The first-order valence-corrected chi connectivity index (χ1v) is 8.47. The number of nitrogen functional groups attached to an aromatic ring is 2. The van der Waals surface area contributed by atoms with Crippen molar-refractivity contribution in [2.75, 3.05) is 11.5 Å². The molecule has 0 amide bonds. The SMILES string of the molecule is CC(=O)c1ccc(-c2c3cc(N)ccc3c3ccc(N)cc3[n+]2C)cc1. The molecule has 1 aromatic heterocycles. The molecule has 0 saturated carbocycles. The van der Waals surface area contributed by atoms with Crippen LogP contribution in [0, 0.1) is 0 Å². The van der Waals surface area contributed by atoms with Gasteiger partial charge >= 0.3 is 0 Å². The fourth-order valence-electron chi connectivity index (χ4n) is 3.56. The molecule has 0 aliphatic rings. The second kappa shape index (κ2) is 5.85. The Hall–Kier alpha value is -3.40. The zero-order valence-electron chi connectivity index (χ0n) is 14.8. The zero-order valence-corrected chi connectivity index (χ0v) is 14.8. The lowest BCUT2D eigenvalue weighted by molar-refractivity contribution is -0.632. The number of Topliss-reactive ketones (excluding diaryl/α,β-unsaturated/α-hetero) is 1. The van der Waals surface area contributed by atoms with E-state index in [2.05, 4.69) is 10.6 Å². The van der Waals surface area contributed by atoms with E-state index in [0.717, 1.165) is 38.6 Å². The topological polar surface area (TPSA) is 73.0 Å². The molecule has 0 aliphatic heterocycles.